The first kappa shape index (κ1) is 19.1. The lowest BCUT2D eigenvalue weighted by molar-refractivity contribution is 0.0654. The van der Waals surface area contributed by atoms with Crippen LogP contribution in [0.15, 0.2) is 12.1 Å². The standard InChI is InChI=1S/C19H25FN4O3/c1-12-21-13(2)24(22-12)11-14-6-5-7-23(10-14)19(25)15-8-17(26-3)18(27-4)9-16(15)20/h8-9,14H,5-7,10-11H2,1-4H3. The Kier molecular flexibility index (Phi) is 5.62. The molecule has 7 nitrogen and oxygen atoms in total. The largest absolute Gasteiger partial charge is 0.493 e. The molecule has 1 atom stereocenters. The summed E-state index contributed by atoms with van der Waals surface area (Å²) in [6.45, 7) is 5.65. The molecule has 0 radical (unpaired) electrons. The summed E-state index contributed by atoms with van der Waals surface area (Å²) in [6, 6.07) is 2.60. The van der Waals surface area contributed by atoms with Crippen LogP contribution in [0.3, 0.4) is 0 Å². The summed E-state index contributed by atoms with van der Waals surface area (Å²) in [7, 11) is 2.89. The fraction of sp³-hybridized carbons (Fsp3) is 0.526. The molecular weight excluding hydrogens is 351 g/mol. The van der Waals surface area contributed by atoms with Crippen LogP contribution in [0.4, 0.5) is 4.39 Å². The van der Waals surface area contributed by atoms with Gasteiger partial charge in [0.05, 0.1) is 19.8 Å². The molecule has 1 aromatic heterocycles. The zero-order chi connectivity index (χ0) is 19.6. The van der Waals surface area contributed by atoms with E-state index in [4.69, 9.17) is 9.47 Å². The molecule has 3 rings (SSSR count). The molecule has 1 fully saturated rings. The van der Waals surface area contributed by atoms with Crippen LogP contribution in [0, 0.1) is 25.6 Å². The average molecular weight is 376 g/mol. The van der Waals surface area contributed by atoms with Crippen molar-refractivity contribution in [2.24, 2.45) is 5.92 Å². The van der Waals surface area contributed by atoms with Crippen molar-refractivity contribution in [1.82, 2.24) is 19.7 Å². The van der Waals surface area contributed by atoms with E-state index in [-0.39, 0.29) is 23.1 Å². The lowest BCUT2D eigenvalue weighted by Gasteiger charge is -2.33. The molecule has 0 saturated carbocycles. The van der Waals surface area contributed by atoms with Gasteiger partial charge in [-0.25, -0.2) is 14.1 Å². The van der Waals surface area contributed by atoms with Gasteiger partial charge in [0.1, 0.15) is 17.5 Å². The second-order valence-corrected chi connectivity index (χ2v) is 6.83. The van der Waals surface area contributed by atoms with Crippen molar-refractivity contribution in [3.8, 4) is 11.5 Å². The number of nitrogens with zero attached hydrogens (tertiary/aromatic N) is 4. The van der Waals surface area contributed by atoms with Crippen LogP contribution in [0.1, 0.15) is 34.8 Å². The summed E-state index contributed by atoms with van der Waals surface area (Å²) >= 11 is 0. The van der Waals surface area contributed by atoms with Crippen LogP contribution in [0.25, 0.3) is 0 Å². The number of halogens is 1. The highest BCUT2D eigenvalue weighted by Gasteiger charge is 2.28. The number of amides is 1. The SMILES string of the molecule is COc1cc(F)c(C(=O)N2CCCC(Cn3nc(C)nc3C)C2)cc1OC. The summed E-state index contributed by atoms with van der Waals surface area (Å²) in [5.74, 6) is 1.52. The van der Waals surface area contributed by atoms with E-state index < -0.39 is 5.82 Å². The molecule has 2 aromatic rings. The number of carbonyl (C=O) groups excluding carboxylic acids is 1. The molecule has 1 unspecified atom stereocenters. The van der Waals surface area contributed by atoms with Gasteiger partial charge in [0.25, 0.3) is 5.91 Å². The summed E-state index contributed by atoms with van der Waals surface area (Å²) in [6.07, 6.45) is 1.87. The second-order valence-electron chi connectivity index (χ2n) is 6.83. The maximum atomic E-state index is 14.5. The summed E-state index contributed by atoms with van der Waals surface area (Å²) in [5.41, 5.74) is 0.00100. The minimum atomic E-state index is -0.609. The van der Waals surface area contributed by atoms with Gasteiger partial charge in [0, 0.05) is 25.7 Å². The fourth-order valence-electron chi connectivity index (χ4n) is 3.57. The van der Waals surface area contributed by atoms with E-state index in [1.54, 1.807) is 4.90 Å². The minimum Gasteiger partial charge on any atom is -0.493 e. The molecule has 0 aliphatic carbocycles. The molecule has 8 heteroatoms. The Hall–Kier alpha value is -2.64. The Labute approximate surface area is 158 Å². The molecule has 1 aromatic carbocycles. The number of rotatable bonds is 5. The van der Waals surface area contributed by atoms with Gasteiger partial charge in [-0.2, -0.15) is 5.10 Å². The smallest absolute Gasteiger partial charge is 0.256 e. The average Bonchev–Trinajstić information content (AvgIpc) is 2.98. The van der Waals surface area contributed by atoms with Crippen LogP contribution in [-0.4, -0.2) is 52.9 Å². The van der Waals surface area contributed by atoms with Crippen LogP contribution >= 0.6 is 0 Å². The van der Waals surface area contributed by atoms with Crippen molar-refractivity contribution in [3.05, 3.63) is 35.2 Å². The van der Waals surface area contributed by atoms with Crippen LogP contribution in [0.2, 0.25) is 0 Å². The first-order chi connectivity index (χ1) is 12.9. The van der Waals surface area contributed by atoms with Crippen molar-refractivity contribution >= 4 is 5.91 Å². The van der Waals surface area contributed by atoms with E-state index in [9.17, 15) is 9.18 Å². The number of aromatic nitrogens is 3. The summed E-state index contributed by atoms with van der Waals surface area (Å²) in [5, 5.41) is 4.40. The zero-order valence-electron chi connectivity index (χ0n) is 16.2. The van der Waals surface area contributed by atoms with Crippen molar-refractivity contribution in [2.45, 2.75) is 33.2 Å². The zero-order valence-corrected chi connectivity index (χ0v) is 16.2. The molecule has 1 aliphatic heterocycles. The number of hydrogen-bond acceptors (Lipinski definition) is 5. The fourth-order valence-corrected chi connectivity index (χ4v) is 3.57. The highest BCUT2D eigenvalue weighted by atomic mass is 19.1. The monoisotopic (exact) mass is 376 g/mol. The first-order valence-corrected chi connectivity index (χ1v) is 9.01. The Morgan fingerprint density at radius 1 is 1.26 bits per heavy atom. The number of methoxy groups -OCH3 is 2. The Morgan fingerprint density at radius 2 is 1.96 bits per heavy atom. The third-order valence-electron chi connectivity index (χ3n) is 4.90. The molecular formula is C19H25FN4O3. The van der Waals surface area contributed by atoms with E-state index in [0.717, 1.165) is 24.5 Å². The number of carbonyl (C=O) groups is 1. The predicted octanol–water partition coefficient (Wildman–Crippen LogP) is 2.60. The highest BCUT2D eigenvalue weighted by molar-refractivity contribution is 5.95. The Bertz CT molecular complexity index is 837. The quantitative estimate of drug-likeness (QED) is 0.802. The molecule has 146 valence electrons. The molecule has 27 heavy (non-hydrogen) atoms. The first-order valence-electron chi connectivity index (χ1n) is 9.01. The molecule has 0 bridgehead atoms. The maximum Gasteiger partial charge on any atom is 0.256 e. The third kappa shape index (κ3) is 4.04. The third-order valence-corrected chi connectivity index (χ3v) is 4.90. The molecule has 1 aliphatic rings. The highest BCUT2D eigenvalue weighted by Crippen LogP contribution is 2.31. The van der Waals surface area contributed by atoms with Gasteiger partial charge in [0.15, 0.2) is 11.5 Å². The molecule has 0 N–H and O–H groups in total. The number of likely N-dealkylation sites (tertiary alicyclic amines) is 1. The van der Waals surface area contributed by atoms with E-state index in [2.05, 4.69) is 10.1 Å². The minimum absolute atomic E-state index is 0.00100. The lowest BCUT2D eigenvalue weighted by Crippen LogP contribution is -2.41. The van der Waals surface area contributed by atoms with Gasteiger partial charge >= 0.3 is 0 Å². The predicted molar refractivity (Wildman–Crippen MR) is 97.6 cm³/mol. The molecule has 1 amide bonds. The number of hydrogen-bond donors (Lipinski definition) is 0. The summed E-state index contributed by atoms with van der Waals surface area (Å²) in [4.78, 5) is 18.9. The number of aryl methyl sites for hydroxylation is 2. The molecule has 0 spiro atoms. The maximum absolute atomic E-state index is 14.5. The van der Waals surface area contributed by atoms with Gasteiger partial charge in [0.2, 0.25) is 0 Å². The van der Waals surface area contributed by atoms with E-state index in [1.165, 1.54) is 26.4 Å². The number of piperidine rings is 1. The van der Waals surface area contributed by atoms with Crippen molar-refractivity contribution in [3.63, 3.8) is 0 Å². The topological polar surface area (TPSA) is 69.5 Å². The van der Waals surface area contributed by atoms with Gasteiger partial charge < -0.3 is 14.4 Å². The Balaban J connectivity index is 1.76. The van der Waals surface area contributed by atoms with E-state index in [1.807, 2.05) is 18.5 Å². The Morgan fingerprint density at radius 3 is 2.59 bits per heavy atom. The van der Waals surface area contributed by atoms with Crippen molar-refractivity contribution < 1.29 is 18.7 Å². The number of ether oxygens (including phenoxy) is 2. The van der Waals surface area contributed by atoms with E-state index >= 15 is 0 Å². The van der Waals surface area contributed by atoms with Crippen molar-refractivity contribution in [1.29, 1.82) is 0 Å². The normalized spacial score (nSPS) is 17.1. The number of benzene rings is 1. The van der Waals surface area contributed by atoms with Crippen LogP contribution in [-0.2, 0) is 6.54 Å². The van der Waals surface area contributed by atoms with Gasteiger partial charge in [-0.3, -0.25) is 4.79 Å². The van der Waals surface area contributed by atoms with E-state index in [0.29, 0.717) is 25.4 Å². The molecule has 2 heterocycles. The van der Waals surface area contributed by atoms with Gasteiger partial charge in [-0.15, -0.1) is 0 Å². The lowest BCUT2D eigenvalue weighted by atomic mass is 9.97. The second kappa shape index (κ2) is 7.94. The van der Waals surface area contributed by atoms with Gasteiger partial charge in [-0.1, -0.05) is 0 Å². The molecule has 1 saturated heterocycles. The van der Waals surface area contributed by atoms with Crippen LogP contribution < -0.4 is 9.47 Å². The summed E-state index contributed by atoms with van der Waals surface area (Å²) < 4.78 is 26.6. The van der Waals surface area contributed by atoms with Crippen molar-refractivity contribution in [2.75, 3.05) is 27.3 Å². The van der Waals surface area contributed by atoms with Gasteiger partial charge in [-0.05, 0) is 38.7 Å². The van der Waals surface area contributed by atoms with Crippen LogP contribution in [0.5, 0.6) is 11.5 Å².